The molecule has 0 aliphatic heterocycles. The van der Waals surface area contributed by atoms with E-state index in [-0.39, 0.29) is 16.7 Å². The molecule has 0 aliphatic carbocycles. The highest BCUT2D eigenvalue weighted by atomic mass is 32.2. The molecule has 0 unspecified atom stereocenters. The summed E-state index contributed by atoms with van der Waals surface area (Å²) in [4.78, 5) is 11.4. The third-order valence-electron chi connectivity index (χ3n) is 4.19. The first-order chi connectivity index (χ1) is 15.0. The predicted molar refractivity (Wildman–Crippen MR) is 108 cm³/mol. The van der Waals surface area contributed by atoms with Crippen LogP contribution in [0.25, 0.3) is 0 Å². The molecule has 0 heterocycles. The lowest BCUT2D eigenvalue weighted by atomic mass is 9.80. The molecule has 3 aromatic rings. The minimum absolute atomic E-state index is 0.0269. The number of carbonyl (C=O) groups is 1. The normalized spacial score (nSPS) is 11.2. The molecule has 0 saturated heterocycles. The van der Waals surface area contributed by atoms with Gasteiger partial charge in [-0.3, -0.25) is 9.52 Å². The Kier molecular flexibility index (Phi) is 6.53. The number of hydrogen-bond acceptors (Lipinski definition) is 5. The first-order valence-corrected chi connectivity index (χ1v) is 10.2. The average Bonchev–Trinajstić information content (AvgIpc) is 2.72. The zero-order valence-corrected chi connectivity index (χ0v) is 16.6. The Bertz CT molecular complexity index is 1260. The lowest BCUT2D eigenvalue weighted by Crippen LogP contribution is -2.29. The van der Waals surface area contributed by atoms with Gasteiger partial charge >= 0.3 is 7.12 Å². The van der Waals surface area contributed by atoms with Crippen molar-refractivity contribution in [3.05, 3.63) is 83.4 Å². The lowest BCUT2D eigenvalue weighted by molar-refractivity contribution is 0.102. The molecule has 13 heteroatoms. The molecule has 166 valence electrons. The molecular formula is C19H13BF4N2O5S. The molecule has 4 N–H and O–H groups in total. The second-order valence-corrected chi connectivity index (χ2v) is 8.11. The molecule has 0 radical (unpaired) electrons. The Morgan fingerprint density at radius 1 is 0.812 bits per heavy atom. The minimum Gasteiger partial charge on any atom is -0.423 e. The Hall–Kier alpha value is -3.42. The molecule has 3 aromatic carbocycles. The zero-order chi connectivity index (χ0) is 23.6. The molecule has 0 atom stereocenters. The van der Waals surface area contributed by atoms with Crippen molar-refractivity contribution in [1.29, 1.82) is 0 Å². The second-order valence-electron chi connectivity index (χ2n) is 6.45. The number of anilines is 2. The van der Waals surface area contributed by atoms with Gasteiger partial charge in [0.1, 0.15) is 10.7 Å². The number of nitrogens with one attached hydrogen (secondary N) is 2. The highest BCUT2D eigenvalue weighted by molar-refractivity contribution is 7.92. The highest BCUT2D eigenvalue weighted by Crippen LogP contribution is 2.22. The first-order valence-electron chi connectivity index (χ1n) is 8.72. The van der Waals surface area contributed by atoms with Crippen molar-refractivity contribution in [2.45, 2.75) is 4.90 Å². The van der Waals surface area contributed by atoms with Crippen molar-refractivity contribution < 1.29 is 40.8 Å². The van der Waals surface area contributed by atoms with Crippen LogP contribution in [0.3, 0.4) is 0 Å². The highest BCUT2D eigenvalue weighted by Gasteiger charge is 2.22. The van der Waals surface area contributed by atoms with Gasteiger partial charge in [0.15, 0.2) is 17.5 Å². The Morgan fingerprint density at radius 3 is 1.97 bits per heavy atom. The van der Waals surface area contributed by atoms with Gasteiger partial charge in [-0.25, -0.2) is 26.0 Å². The van der Waals surface area contributed by atoms with E-state index in [0.29, 0.717) is 24.3 Å². The van der Waals surface area contributed by atoms with Crippen LogP contribution in [0, 0.1) is 23.3 Å². The molecule has 0 aliphatic rings. The van der Waals surface area contributed by atoms with Crippen molar-refractivity contribution in [2.75, 3.05) is 10.0 Å². The first kappa shape index (κ1) is 23.3. The lowest BCUT2D eigenvalue weighted by Gasteiger charge is -2.11. The van der Waals surface area contributed by atoms with E-state index in [0.717, 1.165) is 6.07 Å². The smallest absolute Gasteiger partial charge is 0.423 e. The third kappa shape index (κ3) is 5.07. The Morgan fingerprint density at radius 2 is 1.41 bits per heavy atom. The van der Waals surface area contributed by atoms with Crippen LogP contribution >= 0.6 is 0 Å². The summed E-state index contributed by atoms with van der Waals surface area (Å²) >= 11 is 0. The van der Waals surface area contributed by atoms with Crippen LogP contribution in [0.5, 0.6) is 0 Å². The van der Waals surface area contributed by atoms with Gasteiger partial charge in [-0.05, 0) is 35.8 Å². The number of carbonyl (C=O) groups excluding carboxylic acids is 1. The maximum Gasteiger partial charge on any atom is 0.488 e. The van der Waals surface area contributed by atoms with Crippen LogP contribution in [0.1, 0.15) is 10.4 Å². The summed E-state index contributed by atoms with van der Waals surface area (Å²) in [5.74, 6) is -7.05. The minimum atomic E-state index is -4.52. The summed E-state index contributed by atoms with van der Waals surface area (Å²) in [5.41, 5.74) is -0.743. The molecular weight excluding hydrogens is 455 g/mol. The maximum absolute atomic E-state index is 14.2. The van der Waals surface area contributed by atoms with Crippen LogP contribution in [0.15, 0.2) is 59.5 Å². The molecule has 1 amide bonds. The third-order valence-corrected chi connectivity index (χ3v) is 5.58. The van der Waals surface area contributed by atoms with E-state index in [1.165, 1.54) is 24.3 Å². The summed E-state index contributed by atoms with van der Waals surface area (Å²) in [6, 6.07) is 8.26. The zero-order valence-electron chi connectivity index (χ0n) is 15.8. The van der Waals surface area contributed by atoms with E-state index in [1.807, 2.05) is 0 Å². The molecule has 3 rings (SSSR count). The summed E-state index contributed by atoms with van der Waals surface area (Å²) in [5, 5.41) is 20.2. The van der Waals surface area contributed by atoms with Crippen LogP contribution in [-0.4, -0.2) is 31.5 Å². The topological polar surface area (TPSA) is 116 Å². The van der Waals surface area contributed by atoms with Gasteiger partial charge in [0.05, 0.1) is 0 Å². The largest absolute Gasteiger partial charge is 0.488 e. The predicted octanol–water partition coefficient (Wildman–Crippen LogP) is 1.98. The Labute approximate surface area is 179 Å². The van der Waals surface area contributed by atoms with E-state index in [9.17, 15) is 30.8 Å². The summed E-state index contributed by atoms with van der Waals surface area (Å²) < 4.78 is 81.1. The van der Waals surface area contributed by atoms with Gasteiger partial charge in [-0.15, -0.1) is 0 Å². The van der Waals surface area contributed by atoms with Gasteiger partial charge in [0, 0.05) is 29.1 Å². The number of benzene rings is 3. The molecule has 7 nitrogen and oxygen atoms in total. The molecule has 0 aromatic heterocycles. The van der Waals surface area contributed by atoms with E-state index in [4.69, 9.17) is 10.0 Å². The fraction of sp³-hybridized carbons (Fsp3) is 0. The van der Waals surface area contributed by atoms with Crippen LogP contribution in [0.2, 0.25) is 0 Å². The van der Waals surface area contributed by atoms with Crippen molar-refractivity contribution >= 4 is 39.9 Å². The van der Waals surface area contributed by atoms with Crippen molar-refractivity contribution in [3.63, 3.8) is 0 Å². The van der Waals surface area contributed by atoms with Crippen molar-refractivity contribution in [3.8, 4) is 0 Å². The maximum atomic E-state index is 14.2. The van der Waals surface area contributed by atoms with E-state index >= 15 is 0 Å². The van der Waals surface area contributed by atoms with E-state index in [2.05, 4.69) is 10.0 Å². The number of sulfonamides is 1. The molecule has 0 fully saturated rings. The van der Waals surface area contributed by atoms with Gasteiger partial charge in [-0.2, -0.15) is 0 Å². The van der Waals surface area contributed by atoms with Gasteiger partial charge in [-0.1, -0.05) is 12.1 Å². The monoisotopic (exact) mass is 468 g/mol. The van der Waals surface area contributed by atoms with Gasteiger partial charge in [0.2, 0.25) is 0 Å². The number of hydrogen-bond donors (Lipinski definition) is 4. The second kappa shape index (κ2) is 8.98. The van der Waals surface area contributed by atoms with Crippen LogP contribution in [-0.2, 0) is 10.0 Å². The molecule has 32 heavy (non-hydrogen) atoms. The SMILES string of the molecule is O=C(Nc1cc(F)c(F)c(F)c1)c1ccc(F)c(S(=O)(=O)Nc2ccc(B(O)O)cc2)c1. The standard InChI is InChI=1S/C19H13BF4N2O5S/c21-14-6-1-10(19(27)25-13-8-15(22)18(24)16(23)9-13)7-17(14)32(30,31)26-12-4-2-11(3-5-12)20(28)29/h1-9,26,28-29H,(H,25,27). The Balaban J connectivity index is 1.86. The van der Waals surface area contributed by atoms with Gasteiger partial charge in [0.25, 0.3) is 15.9 Å². The number of amides is 1. The summed E-state index contributed by atoms with van der Waals surface area (Å²) in [7, 11) is -6.29. The van der Waals surface area contributed by atoms with Crippen LogP contribution in [0.4, 0.5) is 28.9 Å². The summed E-state index contributed by atoms with van der Waals surface area (Å²) in [6.07, 6.45) is 0. The molecule has 0 spiro atoms. The quantitative estimate of drug-likeness (QED) is 0.251. The number of halogens is 4. The van der Waals surface area contributed by atoms with Crippen molar-refractivity contribution in [1.82, 2.24) is 0 Å². The fourth-order valence-corrected chi connectivity index (χ4v) is 3.78. The van der Waals surface area contributed by atoms with Crippen LogP contribution < -0.4 is 15.5 Å². The fourth-order valence-electron chi connectivity index (χ4n) is 2.61. The number of rotatable bonds is 6. The molecule has 0 bridgehead atoms. The van der Waals surface area contributed by atoms with Gasteiger partial charge < -0.3 is 15.4 Å². The van der Waals surface area contributed by atoms with E-state index < -0.39 is 56.9 Å². The van der Waals surface area contributed by atoms with Crippen molar-refractivity contribution in [2.24, 2.45) is 0 Å². The summed E-state index contributed by atoms with van der Waals surface area (Å²) in [6.45, 7) is 0. The molecule has 0 saturated carbocycles. The average molecular weight is 468 g/mol. The van der Waals surface area contributed by atoms with E-state index in [1.54, 1.807) is 0 Å².